The monoisotopic (exact) mass is 469 g/mol. The number of halogens is 4. The van der Waals surface area contributed by atoms with E-state index in [1.165, 1.54) is 12.1 Å². The molecule has 2 saturated heterocycles. The van der Waals surface area contributed by atoms with Crippen molar-refractivity contribution in [1.29, 1.82) is 0 Å². The van der Waals surface area contributed by atoms with Crippen LogP contribution in [0.4, 0.5) is 13.2 Å². The summed E-state index contributed by atoms with van der Waals surface area (Å²) in [6.45, 7) is 3.92. The van der Waals surface area contributed by atoms with Gasteiger partial charge in [0.25, 0.3) is 0 Å². The van der Waals surface area contributed by atoms with Gasteiger partial charge >= 0.3 is 6.18 Å². The average molecular weight is 469 g/mol. The van der Waals surface area contributed by atoms with Crippen molar-refractivity contribution in [2.45, 2.75) is 25.6 Å². The van der Waals surface area contributed by atoms with E-state index in [1.807, 2.05) is 0 Å². The fourth-order valence-electron chi connectivity index (χ4n) is 3.41. The number of alkyl halides is 3. The van der Waals surface area contributed by atoms with Crippen LogP contribution >= 0.6 is 24.0 Å². The maximum absolute atomic E-state index is 12.6. The molecule has 25 heavy (non-hydrogen) atoms. The maximum atomic E-state index is 12.6. The SMILES string of the molecule is CN=C(NCc1ccc(C(F)(F)F)cc1)N1CCC2(CCOC2)C1.I. The first-order chi connectivity index (χ1) is 11.4. The van der Waals surface area contributed by atoms with Gasteiger partial charge in [-0.15, -0.1) is 24.0 Å². The van der Waals surface area contributed by atoms with Gasteiger partial charge in [0.1, 0.15) is 0 Å². The third kappa shape index (κ3) is 4.78. The summed E-state index contributed by atoms with van der Waals surface area (Å²) in [6, 6.07) is 5.22. The minimum Gasteiger partial charge on any atom is -0.381 e. The number of hydrogen-bond donors (Lipinski definition) is 1. The fourth-order valence-corrected chi connectivity index (χ4v) is 3.41. The lowest BCUT2D eigenvalue weighted by Gasteiger charge is -2.25. The molecule has 1 unspecified atom stereocenters. The lowest BCUT2D eigenvalue weighted by Crippen LogP contribution is -2.41. The lowest BCUT2D eigenvalue weighted by atomic mass is 9.87. The molecule has 1 aromatic rings. The Bertz CT molecular complexity index is 598. The van der Waals surface area contributed by atoms with Crippen LogP contribution in [0.3, 0.4) is 0 Å². The van der Waals surface area contributed by atoms with E-state index in [0.29, 0.717) is 6.54 Å². The van der Waals surface area contributed by atoms with Crippen LogP contribution < -0.4 is 5.32 Å². The Labute approximate surface area is 162 Å². The molecule has 0 aliphatic carbocycles. The van der Waals surface area contributed by atoms with E-state index in [9.17, 15) is 13.2 Å². The van der Waals surface area contributed by atoms with Crippen LogP contribution in [0, 0.1) is 5.41 Å². The first-order valence-corrected chi connectivity index (χ1v) is 8.11. The van der Waals surface area contributed by atoms with Crippen molar-refractivity contribution in [3.8, 4) is 0 Å². The second-order valence-corrected chi connectivity index (χ2v) is 6.57. The Kier molecular flexibility index (Phi) is 6.58. The zero-order chi connectivity index (χ0) is 17.2. The Morgan fingerprint density at radius 3 is 2.56 bits per heavy atom. The molecule has 2 fully saturated rings. The fraction of sp³-hybridized carbons (Fsp3) is 0.588. The molecule has 3 rings (SSSR count). The number of likely N-dealkylation sites (tertiary alicyclic amines) is 1. The number of benzene rings is 1. The number of nitrogens with zero attached hydrogens (tertiary/aromatic N) is 2. The first-order valence-electron chi connectivity index (χ1n) is 8.11. The first kappa shape index (κ1) is 20.3. The third-order valence-electron chi connectivity index (χ3n) is 4.87. The van der Waals surface area contributed by atoms with Crippen LogP contribution in [0.15, 0.2) is 29.3 Å². The Balaban J connectivity index is 0.00000225. The van der Waals surface area contributed by atoms with Crippen LogP contribution in [-0.4, -0.2) is 44.2 Å². The highest BCUT2D eigenvalue weighted by Crippen LogP contribution is 2.38. The van der Waals surface area contributed by atoms with Crippen molar-refractivity contribution >= 4 is 29.9 Å². The summed E-state index contributed by atoms with van der Waals surface area (Å²) in [6.07, 6.45) is -2.12. The van der Waals surface area contributed by atoms with Crippen LogP contribution in [0.5, 0.6) is 0 Å². The van der Waals surface area contributed by atoms with Crippen molar-refractivity contribution in [3.63, 3.8) is 0 Å². The second-order valence-electron chi connectivity index (χ2n) is 6.57. The van der Waals surface area contributed by atoms with Gasteiger partial charge in [-0.3, -0.25) is 4.99 Å². The van der Waals surface area contributed by atoms with Gasteiger partial charge in [-0.05, 0) is 30.5 Å². The topological polar surface area (TPSA) is 36.9 Å². The maximum Gasteiger partial charge on any atom is 0.416 e. The van der Waals surface area contributed by atoms with E-state index in [0.717, 1.165) is 62.8 Å². The van der Waals surface area contributed by atoms with Crippen LogP contribution in [-0.2, 0) is 17.5 Å². The molecule has 1 aromatic carbocycles. The van der Waals surface area contributed by atoms with Crippen LogP contribution in [0.25, 0.3) is 0 Å². The molecule has 0 radical (unpaired) electrons. The predicted molar refractivity (Wildman–Crippen MR) is 101 cm³/mol. The Hall–Kier alpha value is -1.03. The molecule has 0 bridgehead atoms. The largest absolute Gasteiger partial charge is 0.416 e. The number of rotatable bonds is 2. The van der Waals surface area contributed by atoms with Gasteiger partial charge in [-0.2, -0.15) is 13.2 Å². The van der Waals surface area contributed by atoms with Crippen molar-refractivity contribution in [3.05, 3.63) is 35.4 Å². The summed E-state index contributed by atoms with van der Waals surface area (Å²) in [5.41, 5.74) is 0.409. The number of nitrogens with one attached hydrogen (secondary N) is 1. The summed E-state index contributed by atoms with van der Waals surface area (Å²) >= 11 is 0. The average Bonchev–Trinajstić information content (AvgIpc) is 3.18. The molecule has 0 amide bonds. The number of guanidine groups is 1. The second kappa shape index (κ2) is 8.11. The highest BCUT2D eigenvalue weighted by molar-refractivity contribution is 14.0. The van der Waals surface area contributed by atoms with Crippen LogP contribution in [0.2, 0.25) is 0 Å². The summed E-state index contributed by atoms with van der Waals surface area (Å²) in [7, 11) is 1.73. The van der Waals surface area contributed by atoms with E-state index >= 15 is 0 Å². The standard InChI is InChI=1S/C17H22F3N3O.HI/c1-21-15(23-8-6-16(11-23)7-9-24-12-16)22-10-13-2-4-14(5-3-13)17(18,19)20;/h2-5H,6-12H2,1H3,(H,21,22);1H. The van der Waals surface area contributed by atoms with Crippen molar-refractivity contribution < 1.29 is 17.9 Å². The molecule has 2 aliphatic heterocycles. The third-order valence-corrected chi connectivity index (χ3v) is 4.87. The van der Waals surface area contributed by atoms with E-state index in [2.05, 4.69) is 15.2 Å². The zero-order valence-corrected chi connectivity index (χ0v) is 16.4. The lowest BCUT2D eigenvalue weighted by molar-refractivity contribution is -0.137. The molecule has 1 spiro atoms. The quantitative estimate of drug-likeness (QED) is 0.410. The molecule has 1 atom stereocenters. The normalized spacial score (nSPS) is 23.8. The molecule has 140 valence electrons. The minimum absolute atomic E-state index is 0. The van der Waals surface area contributed by atoms with Gasteiger partial charge in [0.15, 0.2) is 5.96 Å². The van der Waals surface area contributed by atoms with Crippen molar-refractivity contribution in [1.82, 2.24) is 10.2 Å². The van der Waals surface area contributed by atoms with Crippen molar-refractivity contribution in [2.24, 2.45) is 10.4 Å². The van der Waals surface area contributed by atoms with Crippen LogP contribution in [0.1, 0.15) is 24.0 Å². The van der Waals surface area contributed by atoms with Crippen molar-refractivity contribution in [2.75, 3.05) is 33.4 Å². The Morgan fingerprint density at radius 2 is 2.00 bits per heavy atom. The van der Waals surface area contributed by atoms with E-state index in [1.54, 1.807) is 7.05 Å². The van der Waals surface area contributed by atoms with Gasteiger partial charge < -0.3 is 15.0 Å². The van der Waals surface area contributed by atoms with E-state index < -0.39 is 11.7 Å². The number of ether oxygens (including phenoxy) is 1. The van der Waals surface area contributed by atoms with Gasteiger partial charge in [0.05, 0.1) is 12.2 Å². The minimum atomic E-state index is -4.30. The molecule has 8 heteroatoms. The Morgan fingerprint density at radius 1 is 1.28 bits per heavy atom. The summed E-state index contributed by atoms with van der Waals surface area (Å²) in [5.74, 6) is 0.790. The molecule has 2 heterocycles. The smallest absolute Gasteiger partial charge is 0.381 e. The number of hydrogen-bond acceptors (Lipinski definition) is 2. The zero-order valence-electron chi connectivity index (χ0n) is 14.1. The molecule has 2 aliphatic rings. The summed E-state index contributed by atoms with van der Waals surface area (Å²) in [5, 5.41) is 3.25. The van der Waals surface area contributed by atoms with E-state index in [4.69, 9.17) is 4.74 Å². The van der Waals surface area contributed by atoms with Gasteiger partial charge in [-0.1, -0.05) is 12.1 Å². The summed E-state index contributed by atoms with van der Waals surface area (Å²) in [4.78, 5) is 6.51. The molecule has 0 saturated carbocycles. The molecule has 4 nitrogen and oxygen atoms in total. The molecule has 0 aromatic heterocycles. The summed E-state index contributed by atoms with van der Waals surface area (Å²) < 4.78 is 43.3. The number of aliphatic imine (C=N–C) groups is 1. The van der Waals surface area contributed by atoms with E-state index in [-0.39, 0.29) is 29.4 Å². The molecular weight excluding hydrogens is 446 g/mol. The van der Waals surface area contributed by atoms with Gasteiger partial charge in [0.2, 0.25) is 0 Å². The highest BCUT2D eigenvalue weighted by atomic mass is 127. The van der Waals surface area contributed by atoms with Gasteiger partial charge in [-0.25, -0.2) is 0 Å². The predicted octanol–water partition coefficient (Wildman–Crippen LogP) is 3.51. The van der Waals surface area contributed by atoms with Gasteiger partial charge in [0, 0.05) is 38.7 Å². The highest BCUT2D eigenvalue weighted by Gasteiger charge is 2.42. The molecular formula is C17H23F3IN3O. The molecule has 1 N–H and O–H groups in total.